The molecule has 1 fully saturated rings. The second kappa shape index (κ2) is 8.20. The molecule has 0 bridgehead atoms. The molecule has 3 amide bonds. The minimum absolute atomic E-state index is 0.0126. The normalized spacial score (nSPS) is 14.1. The number of amides is 3. The topological polar surface area (TPSA) is 116 Å². The second-order valence-corrected chi connectivity index (χ2v) is 6.73. The summed E-state index contributed by atoms with van der Waals surface area (Å²) in [6, 6.07) is 14.9. The van der Waals surface area contributed by atoms with Gasteiger partial charge in [-0.05, 0) is 36.1 Å². The molecule has 1 aliphatic carbocycles. The highest BCUT2D eigenvalue weighted by molar-refractivity contribution is 6.08. The quantitative estimate of drug-likeness (QED) is 0.228. The summed E-state index contributed by atoms with van der Waals surface area (Å²) in [6.45, 7) is 0. The van der Waals surface area contributed by atoms with Crippen LogP contribution >= 0.6 is 0 Å². The molecule has 8 nitrogen and oxygen atoms in total. The van der Waals surface area contributed by atoms with E-state index in [9.17, 15) is 19.6 Å². The van der Waals surface area contributed by atoms with E-state index in [0.717, 1.165) is 28.9 Å². The molecule has 0 aromatic heterocycles. The number of hydrogen-bond donors (Lipinski definition) is 3. The number of hydrazine groups is 1. The van der Waals surface area contributed by atoms with E-state index in [2.05, 4.69) is 5.32 Å². The third kappa shape index (κ3) is 4.36. The fraction of sp³-hybridized carbons (Fsp3) is 0.250. The van der Waals surface area contributed by atoms with E-state index >= 15 is 0 Å². The largest absolute Gasteiger partial charge is 0.351 e. The summed E-state index contributed by atoms with van der Waals surface area (Å²) in [5, 5.41) is 11.8. The van der Waals surface area contributed by atoms with Crippen molar-refractivity contribution in [2.75, 3.05) is 7.05 Å². The lowest BCUT2D eigenvalue weighted by Crippen LogP contribution is -2.57. The average Bonchev–Trinajstić information content (AvgIpc) is 3.52. The SMILES string of the molecule is CN(C(=O)c1ccc(-c2ccccc2)cc1)C(C(=O)NC1CC1)C(=O)N(N)O. The van der Waals surface area contributed by atoms with E-state index in [0.29, 0.717) is 5.56 Å². The summed E-state index contributed by atoms with van der Waals surface area (Å²) in [5.74, 6) is 2.81. The number of nitrogens with two attached hydrogens (primary N) is 1. The molecule has 2 aromatic rings. The van der Waals surface area contributed by atoms with Gasteiger partial charge in [-0.1, -0.05) is 42.5 Å². The molecule has 1 atom stereocenters. The predicted molar refractivity (Wildman–Crippen MR) is 102 cm³/mol. The molecule has 3 rings (SSSR count). The van der Waals surface area contributed by atoms with Crippen molar-refractivity contribution in [2.45, 2.75) is 24.9 Å². The number of carbonyl (C=O) groups is 3. The maximum absolute atomic E-state index is 12.8. The maximum atomic E-state index is 12.8. The average molecular weight is 382 g/mol. The zero-order valence-corrected chi connectivity index (χ0v) is 15.4. The van der Waals surface area contributed by atoms with E-state index in [1.807, 2.05) is 30.3 Å². The van der Waals surface area contributed by atoms with E-state index < -0.39 is 23.8 Å². The van der Waals surface area contributed by atoms with Crippen molar-refractivity contribution in [1.29, 1.82) is 0 Å². The van der Waals surface area contributed by atoms with Crippen molar-refractivity contribution in [1.82, 2.24) is 15.4 Å². The number of likely N-dealkylation sites (N-methyl/N-ethyl adjacent to an activating group) is 1. The molecule has 2 aromatic carbocycles. The summed E-state index contributed by atoms with van der Waals surface area (Å²) in [4.78, 5) is 38.4. The van der Waals surface area contributed by atoms with E-state index in [4.69, 9.17) is 5.84 Å². The molecule has 0 heterocycles. The fourth-order valence-electron chi connectivity index (χ4n) is 2.84. The van der Waals surface area contributed by atoms with Crippen LogP contribution in [-0.2, 0) is 9.59 Å². The molecule has 8 heteroatoms. The van der Waals surface area contributed by atoms with E-state index in [1.54, 1.807) is 24.3 Å². The van der Waals surface area contributed by atoms with Gasteiger partial charge in [-0.2, -0.15) is 5.17 Å². The van der Waals surface area contributed by atoms with Gasteiger partial charge in [0.25, 0.3) is 17.7 Å². The molecule has 0 aliphatic heterocycles. The van der Waals surface area contributed by atoms with Gasteiger partial charge >= 0.3 is 0 Å². The van der Waals surface area contributed by atoms with Crippen LogP contribution in [0.5, 0.6) is 0 Å². The first kappa shape index (κ1) is 19.5. The highest BCUT2D eigenvalue weighted by atomic mass is 16.5. The Morgan fingerprint density at radius 1 is 1.04 bits per heavy atom. The standard InChI is InChI=1S/C20H22N4O4/c1-23(17(20(27)24(21)28)18(25)22-16-11-12-16)19(26)15-9-7-14(8-10-15)13-5-3-2-4-6-13/h2-10,16-17,28H,11-12,21H2,1H3,(H,22,25). The van der Waals surface area contributed by atoms with Crippen molar-refractivity contribution in [3.63, 3.8) is 0 Å². The van der Waals surface area contributed by atoms with Gasteiger partial charge in [0.2, 0.25) is 0 Å². The van der Waals surface area contributed by atoms with Crippen LogP contribution < -0.4 is 11.2 Å². The number of carbonyl (C=O) groups excluding carboxylic acids is 3. The van der Waals surface area contributed by atoms with Crippen LogP contribution in [0, 0.1) is 0 Å². The lowest BCUT2D eigenvalue weighted by Gasteiger charge is -2.27. The summed E-state index contributed by atoms with van der Waals surface area (Å²) in [5.41, 5.74) is 2.24. The Kier molecular flexibility index (Phi) is 5.72. The van der Waals surface area contributed by atoms with Gasteiger partial charge in [0, 0.05) is 18.7 Å². The molecule has 28 heavy (non-hydrogen) atoms. The predicted octanol–water partition coefficient (Wildman–Crippen LogP) is 1.16. The summed E-state index contributed by atoms with van der Waals surface area (Å²) >= 11 is 0. The number of hydroxylamine groups is 1. The monoisotopic (exact) mass is 382 g/mol. The Morgan fingerprint density at radius 3 is 2.14 bits per heavy atom. The smallest absolute Gasteiger partial charge is 0.293 e. The summed E-state index contributed by atoms with van der Waals surface area (Å²) < 4.78 is 0. The zero-order valence-electron chi connectivity index (χ0n) is 15.4. The van der Waals surface area contributed by atoms with Gasteiger partial charge in [0.05, 0.1) is 0 Å². The highest BCUT2D eigenvalue weighted by Crippen LogP contribution is 2.21. The first-order valence-corrected chi connectivity index (χ1v) is 8.89. The first-order valence-electron chi connectivity index (χ1n) is 8.89. The summed E-state index contributed by atoms with van der Waals surface area (Å²) in [7, 11) is 1.33. The van der Waals surface area contributed by atoms with E-state index in [1.165, 1.54) is 7.05 Å². The van der Waals surface area contributed by atoms with Crippen LogP contribution in [0.4, 0.5) is 0 Å². The molecule has 1 unspecified atom stereocenters. The van der Waals surface area contributed by atoms with Crippen LogP contribution in [0.3, 0.4) is 0 Å². The molecular weight excluding hydrogens is 360 g/mol. The van der Waals surface area contributed by atoms with Gasteiger partial charge < -0.3 is 10.2 Å². The van der Waals surface area contributed by atoms with Crippen LogP contribution in [0.15, 0.2) is 54.6 Å². The summed E-state index contributed by atoms with van der Waals surface area (Å²) in [6.07, 6.45) is 1.63. The number of hydrogen-bond acceptors (Lipinski definition) is 5. The van der Waals surface area contributed by atoms with Gasteiger partial charge in [-0.3, -0.25) is 19.6 Å². The fourth-order valence-corrected chi connectivity index (χ4v) is 2.84. The van der Waals surface area contributed by atoms with Crippen LogP contribution in [0.1, 0.15) is 23.2 Å². The first-order chi connectivity index (χ1) is 13.4. The van der Waals surface area contributed by atoms with E-state index in [-0.39, 0.29) is 11.2 Å². The Morgan fingerprint density at radius 2 is 1.61 bits per heavy atom. The molecular formula is C20H22N4O4. The third-order valence-electron chi connectivity index (χ3n) is 4.58. The minimum Gasteiger partial charge on any atom is -0.351 e. The van der Waals surface area contributed by atoms with Crippen LogP contribution in [-0.4, -0.2) is 52.1 Å². The molecule has 0 radical (unpaired) electrons. The lowest BCUT2D eigenvalue weighted by atomic mass is 10.0. The Labute approximate surface area is 162 Å². The van der Waals surface area contributed by atoms with Crippen LogP contribution in [0.2, 0.25) is 0 Å². The number of benzene rings is 2. The maximum Gasteiger partial charge on any atom is 0.293 e. The Balaban J connectivity index is 1.79. The van der Waals surface area contributed by atoms with Crippen molar-refractivity contribution in [3.8, 4) is 11.1 Å². The number of rotatable bonds is 6. The molecule has 146 valence electrons. The Bertz CT molecular complexity index is 864. The molecule has 0 saturated heterocycles. The highest BCUT2D eigenvalue weighted by Gasteiger charge is 2.38. The molecule has 4 N–H and O–H groups in total. The van der Waals surface area contributed by atoms with Crippen molar-refractivity contribution < 1.29 is 19.6 Å². The van der Waals surface area contributed by atoms with Gasteiger partial charge in [0.15, 0.2) is 6.04 Å². The van der Waals surface area contributed by atoms with Crippen molar-refractivity contribution >= 4 is 17.7 Å². The van der Waals surface area contributed by atoms with Crippen LogP contribution in [0.25, 0.3) is 11.1 Å². The Hall–Kier alpha value is -3.23. The molecule has 1 saturated carbocycles. The van der Waals surface area contributed by atoms with Crippen molar-refractivity contribution in [3.05, 3.63) is 60.2 Å². The van der Waals surface area contributed by atoms with Gasteiger partial charge in [0.1, 0.15) is 0 Å². The minimum atomic E-state index is -1.56. The number of nitrogens with zero attached hydrogens (tertiary/aromatic N) is 2. The third-order valence-corrected chi connectivity index (χ3v) is 4.58. The molecule has 1 aliphatic rings. The molecule has 0 spiro atoms. The van der Waals surface area contributed by atoms with Crippen molar-refractivity contribution in [2.24, 2.45) is 5.84 Å². The zero-order chi connectivity index (χ0) is 20.3. The van der Waals surface area contributed by atoms with Gasteiger partial charge in [-0.15, -0.1) is 0 Å². The van der Waals surface area contributed by atoms with Gasteiger partial charge in [-0.25, -0.2) is 5.84 Å². The second-order valence-electron chi connectivity index (χ2n) is 6.73. The lowest BCUT2D eigenvalue weighted by molar-refractivity contribution is -0.173. The number of nitrogens with one attached hydrogen (secondary N) is 1.